The van der Waals surface area contributed by atoms with Gasteiger partial charge in [0.25, 0.3) is 0 Å². The molecule has 0 saturated carbocycles. The second-order valence-electron chi connectivity index (χ2n) is 16.4. The van der Waals surface area contributed by atoms with E-state index >= 15 is 0 Å². The highest BCUT2D eigenvalue weighted by atomic mass is 16.6. The summed E-state index contributed by atoms with van der Waals surface area (Å²) >= 11 is 0. The third-order valence-electron chi connectivity index (χ3n) is 10.7. The van der Waals surface area contributed by atoms with Gasteiger partial charge in [-0.2, -0.15) is 0 Å². The maximum atomic E-state index is 12.7. The normalized spacial score (nSPS) is 12.1. The minimum Gasteiger partial charge on any atom is -0.462 e. The van der Waals surface area contributed by atoms with E-state index in [1.54, 1.807) is 0 Å². The molecule has 0 fully saturated rings. The van der Waals surface area contributed by atoms with Crippen LogP contribution in [-0.2, 0) is 28.6 Å². The number of hydrogen-bond acceptors (Lipinski definition) is 6. The van der Waals surface area contributed by atoms with Crippen molar-refractivity contribution in [3.05, 3.63) is 24.3 Å². The predicted octanol–water partition coefficient (Wildman–Crippen LogP) is 15.6. The quantitative estimate of drug-likeness (QED) is 0.0265. The first kappa shape index (κ1) is 53.9. The standard InChI is InChI=1S/C50H92O6/c1-4-7-10-13-16-19-21-23-24-25-26-27-29-31-34-37-40-43-49(52)55-46-47(45-54-48(51)42-39-36-33-30-18-15-12-9-6-3)56-50(53)44-41-38-35-32-28-22-20-17-14-11-8-5-2/h8,11,17,20,47H,4-7,9-10,12-16,18-19,21-46H2,1-3H3/b11-8-,20-17-. The Hall–Kier alpha value is -2.11. The highest BCUT2D eigenvalue weighted by molar-refractivity contribution is 5.71. The first-order valence-corrected chi connectivity index (χ1v) is 24.3. The van der Waals surface area contributed by atoms with Gasteiger partial charge in [-0.25, -0.2) is 0 Å². The molecule has 0 amide bonds. The van der Waals surface area contributed by atoms with Crippen LogP contribution in [0.3, 0.4) is 0 Å². The lowest BCUT2D eigenvalue weighted by atomic mass is 10.0. The van der Waals surface area contributed by atoms with Gasteiger partial charge in [-0.1, -0.05) is 218 Å². The molecule has 0 aromatic carbocycles. The third kappa shape index (κ3) is 43.0. The number of unbranched alkanes of at least 4 members (excludes halogenated alkanes) is 29. The summed E-state index contributed by atoms with van der Waals surface area (Å²) in [7, 11) is 0. The zero-order valence-corrected chi connectivity index (χ0v) is 37.4. The van der Waals surface area contributed by atoms with Crippen LogP contribution >= 0.6 is 0 Å². The van der Waals surface area contributed by atoms with Crippen LogP contribution < -0.4 is 0 Å². The maximum absolute atomic E-state index is 12.7. The fourth-order valence-corrected chi connectivity index (χ4v) is 7.07. The van der Waals surface area contributed by atoms with E-state index in [4.69, 9.17) is 14.2 Å². The lowest BCUT2D eigenvalue weighted by Crippen LogP contribution is -2.30. The van der Waals surface area contributed by atoms with Crippen LogP contribution in [0.5, 0.6) is 0 Å². The molecule has 0 aliphatic rings. The van der Waals surface area contributed by atoms with E-state index in [9.17, 15) is 14.4 Å². The molecule has 56 heavy (non-hydrogen) atoms. The summed E-state index contributed by atoms with van der Waals surface area (Å²) in [6.07, 6.45) is 50.2. The van der Waals surface area contributed by atoms with Crippen LogP contribution in [0.2, 0.25) is 0 Å². The van der Waals surface area contributed by atoms with Crippen LogP contribution in [0.4, 0.5) is 0 Å². The second kappa shape index (κ2) is 45.6. The fourth-order valence-electron chi connectivity index (χ4n) is 7.07. The van der Waals surface area contributed by atoms with Crippen molar-refractivity contribution in [2.75, 3.05) is 13.2 Å². The van der Waals surface area contributed by atoms with Crippen LogP contribution in [0.15, 0.2) is 24.3 Å². The Bertz CT molecular complexity index is 911. The molecule has 0 spiro atoms. The number of carbonyl (C=O) groups excluding carboxylic acids is 3. The lowest BCUT2D eigenvalue weighted by molar-refractivity contribution is -0.167. The molecule has 6 nitrogen and oxygen atoms in total. The van der Waals surface area contributed by atoms with E-state index in [0.29, 0.717) is 19.3 Å². The van der Waals surface area contributed by atoms with Crippen molar-refractivity contribution in [2.24, 2.45) is 0 Å². The molecule has 0 bridgehead atoms. The van der Waals surface area contributed by atoms with Crippen molar-refractivity contribution in [3.8, 4) is 0 Å². The molecular formula is C50H92O6. The minimum atomic E-state index is -0.770. The predicted molar refractivity (Wildman–Crippen MR) is 238 cm³/mol. The summed E-state index contributed by atoms with van der Waals surface area (Å²) in [5.41, 5.74) is 0. The van der Waals surface area contributed by atoms with Crippen molar-refractivity contribution in [2.45, 2.75) is 264 Å². The third-order valence-corrected chi connectivity index (χ3v) is 10.7. The smallest absolute Gasteiger partial charge is 0.306 e. The van der Waals surface area contributed by atoms with Crippen LogP contribution in [0.25, 0.3) is 0 Å². The molecule has 1 unspecified atom stereocenters. The maximum Gasteiger partial charge on any atom is 0.306 e. The molecule has 6 heteroatoms. The Balaban J connectivity index is 4.28. The molecule has 0 aliphatic carbocycles. The van der Waals surface area contributed by atoms with Gasteiger partial charge in [-0.3, -0.25) is 14.4 Å². The SMILES string of the molecule is CC/C=C\C/C=C\CCCCCCCC(=O)OC(COC(=O)CCCCCCCCCCC)COC(=O)CCCCCCCCCCCCCCCCCCC. The Morgan fingerprint density at radius 3 is 1.07 bits per heavy atom. The second-order valence-corrected chi connectivity index (χ2v) is 16.4. The van der Waals surface area contributed by atoms with Gasteiger partial charge in [-0.15, -0.1) is 0 Å². The average Bonchev–Trinajstić information content (AvgIpc) is 3.19. The van der Waals surface area contributed by atoms with Gasteiger partial charge in [0.2, 0.25) is 0 Å². The van der Waals surface area contributed by atoms with Crippen LogP contribution in [0.1, 0.15) is 258 Å². The van der Waals surface area contributed by atoms with E-state index in [1.165, 1.54) is 128 Å². The zero-order valence-electron chi connectivity index (χ0n) is 37.4. The Labute approximate surface area is 347 Å². The van der Waals surface area contributed by atoms with E-state index in [1.807, 2.05) is 0 Å². The fraction of sp³-hybridized carbons (Fsp3) is 0.860. The number of ether oxygens (including phenoxy) is 3. The van der Waals surface area contributed by atoms with Crippen LogP contribution in [-0.4, -0.2) is 37.2 Å². The summed E-state index contributed by atoms with van der Waals surface area (Å²) < 4.78 is 16.7. The molecule has 328 valence electrons. The van der Waals surface area contributed by atoms with Crippen molar-refractivity contribution in [3.63, 3.8) is 0 Å². The summed E-state index contributed by atoms with van der Waals surface area (Å²) in [5.74, 6) is -0.881. The highest BCUT2D eigenvalue weighted by Crippen LogP contribution is 2.16. The van der Waals surface area contributed by atoms with Gasteiger partial charge in [0.15, 0.2) is 6.10 Å². The lowest BCUT2D eigenvalue weighted by Gasteiger charge is -2.18. The molecule has 0 rings (SSSR count). The van der Waals surface area contributed by atoms with E-state index in [-0.39, 0.29) is 31.1 Å². The first-order chi connectivity index (χ1) is 27.5. The Kier molecular flexibility index (Phi) is 43.9. The largest absolute Gasteiger partial charge is 0.462 e. The summed E-state index contributed by atoms with van der Waals surface area (Å²) in [6.45, 7) is 6.52. The molecule has 0 aliphatic heterocycles. The summed E-state index contributed by atoms with van der Waals surface area (Å²) in [6, 6.07) is 0. The van der Waals surface area contributed by atoms with Gasteiger partial charge in [0, 0.05) is 19.3 Å². The van der Waals surface area contributed by atoms with Crippen molar-refractivity contribution in [1.82, 2.24) is 0 Å². The van der Waals surface area contributed by atoms with Gasteiger partial charge in [0.05, 0.1) is 0 Å². The van der Waals surface area contributed by atoms with Gasteiger partial charge in [0.1, 0.15) is 13.2 Å². The Morgan fingerprint density at radius 1 is 0.375 bits per heavy atom. The number of hydrogen-bond donors (Lipinski definition) is 0. The van der Waals surface area contributed by atoms with E-state index < -0.39 is 6.10 Å². The van der Waals surface area contributed by atoms with Gasteiger partial charge >= 0.3 is 17.9 Å². The molecule has 0 aromatic rings. The summed E-state index contributed by atoms with van der Waals surface area (Å²) in [4.78, 5) is 37.7. The minimum absolute atomic E-state index is 0.0728. The molecule has 0 N–H and O–H groups in total. The van der Waals surface area contributed by atoms with E-state index in [0.717, 1.165) is 89.9 Å². The number of rotatable bonds is 44. The van der Waals surface area contributed by atoms with Crippen molar-refractivity contribution < 1.29 is 28.6 Å². The topological polar surface area (TPSA) is 78.9 Å². The van der Waals surface area contributed by atoms with Crippen LogP contribution in [0, 0.1) is 0 Å². The first-order valence-electron chi connectivity index (χ1n) is 24.3. The summed E-state index contributed by atoms with van der Waals surface area (Å²) in [5, 5.41) is 0. The number of esters is 3. The monoisotopic (exact) mass is 789 g/mol. The molecule has 0 heterocycles. The molecule has 1 atom stereocenters. The molecule has 0 aromatic heterocycles. The molecular weight excluding hydrogens is 697 g/mol. The molecule has 0 radical (unpaired) electrons. The van der Waals surface area contributed by atoms with Gasteiger partial charge < -0.3 is 14.2 Å². The van der Waals surface area contributed by atoms with E-state index in [2.05, 4.69) is 45.1 Å². The van der Waals surface area contributed by atoms with Gasteiger partial charge in [-0.05, 0) is 44.9 Å². The average molecular weight is 789 g/mol. The Morgan fingerprint density at radius 2 is 0.696 bits per heavy atom. The number of carbonyl (C=O) groups is 3. The zero-order chi connectivity index (χ0) is 40.8. The number of allylic oxidation sites excluding steroid dienone is 4. The molecule has 0 saturated heterocycles. The highest BCUT2D eigenvalue weighted by Gasteiger charge is 2.19. The van der Waals surface area contributed by atoms with Crippen molar-refractivity contribution in [1.29, 1.82) is 0 Å². The van der Waals surface area contributed by atoms with Crippen molar-refractivity contribution >= 4 is 17.9 Å².